The van der Waals surface area contributed by atoms with E-state index in [0.717, 1.165) is 48.6 Å². The van der Waals surface area contributed by atoms with Gasteiger partial charge < -0.3 is 14.9 Å². The highest BCUT2D eigenvalue weighted by atomic mass is 32.2. The highest BCUT2D eigenvalue weighted by molar-refractivity contribution is 7.99. The van der Waals surface area contributed by atoms with Gasteiger partial charge in [-0.2, -0.15) is 0 Å². The molecule has 0 atom stereocenters. The van der Waals surface area contributed by atoms with E-state index < -0.39 is 0 Å². The van der Waals surface area contributed by atoms with Gasteiger partial charge in [0.05, 0.1) is 5.75 Å². The standard InChI is InChI=1S/C22H27N5O2S2/c1-14-12-18(15(2)26(14)9-7-17-4-3-11-30-17)19(28)13-31-22-25-24-21(16-5-6-16)27(22)10-8-20(23)29/h3-4,11-12,16H,5-10,13H2,1-2H3,(H2,23,29). The molecule has 0 saturated heterocycles. The van der Waals surface area contributed by atoms with Gasteiger partial charge in [-0.05, 0) is 50.6 Å². The van der Waals surface area contributed by atoms with E-state index >= 15 is 0 Å². The maximum absolute atomic E-state index is 13.0. The Balaban J connectivity index is 1.43. The van der Waals surface area contributed by atoms with Gasteiger partial charge in [-0.25, -0.2) is 0 Å². The monoisotopic (exact) mass is 457 g/mol. The maximum atomic E-state index is 13.0. The summed E-state index contributed by atoms with van der Waals surface area (Å²) >= 11 is 3.14. The Morgan fingerprint density at radius 2 is 2.03 bits per heavy atom. The average Bonchev–Trinajstić information content (AvgIpc) is 3.17. The van der Waals surface area contributed by atoms with Crippen LogP contribution in [0.1, 0.15) is 57.6 Å². The van der Waals surface area contributed by atoms with Gasteiger partial charge in [0, 0.05) is 47.3 Å². The number of primary amides is 1. The molecular formula is C22H27N5O2S2. The quantitative estimate of drug-likeness (QED) is 0.350. The summed E-state index contributed by atoms with van der Waals surface area (Å²) in [6.45, 7) is 5.39. The van der Waals surface area contributed by atoms with Crippen LogP contribution in [0.4, 0.5) is 0 Å². The van der Waals surface area contributed by atoms with Crippen molar-refractivity contribution in [2.24, 2.45) is 5.73 Å². The molecule has 1 aliphatic rings. The van der Waals surface area contributed by atoms with Crippen molar-refractivity contribution in [3.05, 3.63) is 51.2 Å². The Bertz CT molecular complexity index is 1080. The highest BCUT2D eigenvalue weighted by Gasteiger charge is 2.30. The van der Waals surface area contributed by atoms with Crippen molar-refractivity contribution in [3.8, 4) is 0 Å². The lowest BCUT2D eigenvalue weighted by molar-refractivity contribution is -0.118. The summed E-state index contributed by atoms with van der Waals surface area (Å²) in [6.07, 6.45) is 3.39. The van der Waals surface area contributed by atoms with Crippen molar-refractivity contribution in [1.82, 2.24) is 19.3 Å². The van der Waals surface area contributed by atoms with Crippen molar-refractivity contribution in [2.45, 2.75) is 63.7 Å². The predicted molar refractivity (Wildman–Crippen MR) is 123 cm³/mol. The van der Waals surface area contributed by atoms with Crippen LogP contribution in [0, 0.1) is 13.8 Å². The third-order valence-corrected chi connectivity index (χ3v) is 7.54. The molecule has 0 aliphatic heterocycles. The van der Waals surface area contributed by atoms with Crippen molar-refractivity contribution < 1.29 is 9.59 Å². The fourth-order valence-corrected chi connectivity index (χ4v) is 5.35. The molecule has 0 bridgehead atoms. The van der Waals surface area contributed by atoms with E-state index in [1.807, 2.05) is 24.5 Å². The van der Waals surface area contributed by atoms with E-state index in [-0.39, 0.29) is 23.9 Å². The number of ketones is 1. The summed E-state index contributed by atoms with van der Waals surface area (Å²) in [5.74, 6) is 1.33. The SMILES string of the molecule is Cc1cc(C(=O)CSc2nnc(C3CC3)n2CCC(N)=O)c(C)n1CCc1cccs1. The first-order chi connectivity index (χ1) is 14.9. The minimum Gasteiger partial charge on any atom is -0.370 e. The number of aryl methyl sites for hydroxylation is 2. The molecule has 2 N–H and O–H groups in total. The molecule has 3 heterocycles. The second-order valence-corrected chi connectivity index (χ2v) is 9.94. The molecule has 0 spiro atoms. The maximum Gasteiger partial charge on any atom is 0.219 e. The molecule has 0 aromatic carbocycles. The third kappa shape index (κ3) is 5.10. The fourth-order valence-electron chi connectivity index (χ4n) is 3.79. The van der Waals surface area contributed by atoms with E-state index in [1.54, 1.807) is 11.3 Å². The molecule has 9 heteroatoms. The van der Waals surface area contributed by atoms with Crippen LogP contribution in [0.25, 0.3) is 0 Å². The van der Waals surface area contributed by atoms with Crippen LogP contribution in [-0.2, 0) is 24.3 Å². The Kier molecular flexibility index (Phi) is 6.62. The number of nitrogens with two attached hydrogens (primary N) is 1. The van der Waals surface area contributed by atoms with Crippen LogP contribution < -0.4 is 5.73 Å². The Morgan fingerprint density at radius 3 is 2.71 bits per heavy atom. The number of aromatic nitrogens is 4. The summed E-state index contributed by atoms with van der Waals surface area (Å²) < 4.78 is 4.18. The van der Waals surface area contributed by atoms with Crippen molar-refractivity contribution in [2.75, 3.05) is 5.75 Å². The van der Waals surface area contributed by atoms with E-state index in [1.165, 1.54) is 16.6 Å². The first-order valence-electron chi connectivity index (χ1n) is 10.5. The zero-order chi connectivity index (χ0) is 22.0. The number of nitrogens with zero attached hydrogens (tertiary/aromatic N) is 4. The van der Waals surface area contributed by atoms with Crippen LogP contribution in [-0.4, -0.2) is 36.8 Å². The Labute approximate surface area is 190 Å². The highest BCUT2D eigenvalue weighted by Crippen LogP contribution is 2.40. The minimum absolute atomic E-state index is 0.0814. The number of thiophene rings is 1. The summed E-state index contributed by atoms with van der Waals surface area (Å²) in [7, 11) is 0. The average molecular weight is 458 g/mol. The number of Topliss-reactive ketones (excluding diaryl/α,β-unsaturated/α-hetero) is 1. The summed E-state index contributed by atoms with van der Waals surface area (Å²) in [5, 5.41) is 11.4. The normalized spacial score (nSPS) is 13.6. The van der Waals surface area contributed by atoms with Gasteiger partial charge in [0.2, 0.25) is 5.91 Å². The second kappa shape index (κ2) is 9.40. The molecule has 0 radical (unpaired) electrons. The lowest BCUT2D eigenvalue weighted by Crippen LogP contribution is -2.16. The van der Waals surface area contributed by atoms with Gasteiger partial charge in [0.1, 0.15) is 5.82 Å². The van der Waals surface area contributed by atoms with Gasteiger partial charge in [-0.1, -0.05) is 17.8 Å². The summed E-state index contributed by atoms with van der Waals surface area (Å²) in [6, 6.07) is 6.20. The van der Waals surface area contributed by atoms with E-state index in [4.69, 9.17) is 5.73 Å². The molecule has 164 valence electrons. The van der Waals surface area contributed by atoms with Crippen LogP contribution in [0.15, 0.2) is 28.7 Å². The second-order valence-electron chi connectivity index (χ2n) is 7.96. The van der Waals surface area contributed by atoms with E-state index in [2.05, 4.69) is 32.3 Å². The van der Waals surface area contributed by atoms with E-state index in [9.17, 15) is 9.59 Å². The number of rotatable bonds is 11. The number of thioether (sulfide) groups is 1. The van der Waals surface area contributed by atoms with Crippen LogP contribution in [0.2, 0.25) is 0 Å². The first-order valence-corrected chi connectivity index (χ1v) is 12.4. The number of carbonyl (C=O) groups excluding carboxylic acids is 2. The molecule has 1 amide bonds. The van der Waals surface area contributed by atoms with Crippen LogP contribution in [0.3, 0.4) is 0 Å². The smallest absolute Gasteiger partial charge is 0.219 e. The lowest BCUT2D eigenvalue weighted by atomic mass is 10.2. The summed E-state index contributed by atoms with van der Waals surface area (Å²) in [4.78, 5) is 25.6. The molecule has 31 heavy (non-hydrogen) atoms. The number of hydrogen-bond donors (Lipinski definition) is 1. The molecular weight excluding hydrogens is 430 g/mol. The van der Waals surface area contributed by atoms with Crippen molar-refractivity contribution >= 4 is 34.8 Å². The first kappa shape index (κ1) is 21.8. The molecule has 1 saturated carbocycles. The predicted octanol–water partition coefficient (Wildman–Crippen LogP) is 3.73. The molecule has 3 aromatic heterocycles. The molecule has 0 unspecified atom stereocenters. The molecule has 1 aliphatic carbocycles. The Hall–Kier alpha value is -2.39. The number of hydrogen-bond acceptors (Lipinski definition) is 6. The number of carbonyl (C=O) groups is 2. The molecule has 3 aromatic rings. The van der Waals surface area contributed by atoms with Gasteiger partial charge in [0.15, 0.2) is 10.9 Å². The molecule has 7 nitrogen and oxygen atoms in total. The van der Waals surface area contributed by atoms with Crippen LogP contribution in [0.5, 0.6) is 0 Å². The van der Waals surface area contributed by atoms with E-state index in [0.29, 0.717) is 17.6 Å². The summed E-state index contributed by atoms with van der Waals surface area (Å²) in [5.41, 5.74) is 8.21. The zero-order valence-electron chi connectivity index (χ0n) is 17.8. The topological polar surface area (TPSA) is 95.8 Å². The van der Waals surface area contributed by atoms with Gasteiger partial charge in [-0.15, -0.1) is 21.5 Å². The van der Waals surface area contributed by atoms with Gasteiger partial charge in [-0.3, -0.25) is 9.59 Å². The van der Waals surface area contributed by atoms with Gasteiger partial charge in [0.25, 0.3) is 0 Å². The molecule has 1 fully saturated rings. The Morgan fingerprint density at radius 1 is 1.23 bits per heavy atom. The van der Waals surface area contributed by atoms with Crippen molar-refractivity contribution in [3.63, 3.8) is 0 Å². The van der Waals surface area contributed by atoms with Gasteiger partial charge >= 0.3 is 0 Å². The third-order valence-electron chi connectivity index (χ3n) is 5.64. The fraction of sp³-hybridized carbons (Fsp3) is 0.455. The zero-order valence-corrected chi connectivity index (χ0v) is 19.5. The number of amides is 1. The largest absolute Gasteiger partial charge is 0.370 e. The minimum atomic E-state index is -0.350. The molecule has 4 rings (SSSR count). The lowest BCUT2D eigenvalue weighted by Gasteiger charge is -2.09. The van der Waals surface area contributed by atoms with Crippen LogP contribution >= 0.6 is 23.1 Å². The van der Waals surface area contributed by atoms with Crippen molar-refractivity contribution in [1.29, 1.82) is 0 Å².